The van der Waals surface area contributed by atoms with Gasteiger partial charge in [0.2, 0.25) is 5.91 Å². The van der Waals surface area contributed by atoms with E-state index in [0.29, 0.717) is 25.1 Å². The molecule has 26 heavy (non-hydrogen) atoms. The summed E-state index contributed by atoms with van der Waals surface area (Å²) in [5.74, 6) is 0.795. The Labute approximate surface area is 154 Å². The third kappa shape index (κ3) is 4.23. The van der Waals surface area contributed by atoms with Gasteiger partial charge in [-0.05, 0) is 50.1 Å². The molecule has 0 aliphatic carbocycles. The van der Waals surface area contributed by atoms with Gasteiger partial charge in [-0.1, -0.05) is 18.2 Å². The van der Waals surface area contributed by atoms with Crippen molar-refractivity contribution in [2.75, 3.05) is 18.1 Å². The topological polar surface area (TPSA) is 58.6 Å². The van der Waals surface area contributed by atoms with Crippen molar-refractivity contribution in [3.8, 4) is 5.75 Å². The maximum Gasteiger partial charge on any atom is 0.251 e. The van der Waals surface area contributed by atoms with E-state index >= 15 is 0 Å². The number of amides is 2. The Morgan fingerprint density at radius 3 is 2.62 bits per heavy atom. The lowest BCUT2D eigenvalue weighted by atomic mass is 10.1. The van der Waals surface area contributed by atoms with Crippen molar-refractivity contribution < 1.29 is 14.3 Å². The second-order valence-corrected chi connectivity index (χ2v) is 6.27. The maximum atomic E-state index is 12.4. The summed E-state index contributed by atoms with van der Waals surface area (Å²) in [6.45, 7) is 3.67. The fraction of sp³-hybridized carbons (Fsp3) is 0.333. The average molecular weight is 352 g/mol. The number of piperidine rings is 1. The van der Waals surface area contributed by atoms with E-state index < -0.39 is 0 Å². The number of benzene rings is 2. The van der Waals surface area contributed by atoms with Gasteiger partial charge in [0.1, 0.15) is 5.75 Å². The SMILES string of the molecule is CCOc1ccccc1CNC(=O)c1ccc(N2CCCCC2=O)cc1. The number of para-hydroxylation sites is 1. The van der Waals surface area contributed by atoms with Crippen LogP contribution in [0.2, 0.25) is 0 Å². The number of carbonyl (C=O) groups is 2. The maximum absolute atomic E-state index is 12.4. The van der Waals surface area contributed by atoms with Crippen molar-refractivity contribution in [1.29, 1.82) is 0 Å². The third-order valence-electron chi connectivity index (χ3n) is 4.48. The number of hydrogen-bond donors (Lipinski definition) is 1. The fourth-order valence-corrected chi connectivity index (χ4v) is 3.10. The van der Waals surface area contributed by atoms with Gasteiger partial charge in [0.25, 0.3) is 5.91 Å². The average Bonchev–Trinajstić information content (AvgIpc) is 2.68. The van der Waals surface area contributed by atoms with Crippen LogP contribution in [-0.2, 0) is 11.3 Å². The number of nitrogens with zero attached hydrogens (tertiary/aromatic N) is 1. The lowest BCUT2D eigenvalue weighted by molar-refractivity contribution is -0.119. The van der Waals surface area contributed by atoms with Crippen molar-refractivity contribution in [2.24, 2.45) is 0 Å². The van der Waals surface area contributed by atoms with Crippen molar-refractivity contribution in [3.05, 3.63) is 59.7 Å². The molecule has 0 saturated carbocycles. The van der Waals surface area contributed by atoms with Crippen LogP contribution in [0.25, 0.3) is 0 Å². The molecule has 2 aromatic carbocycles. The molecule has 0 atom stereocenters. The zero-order valence-electron chi connectivity index (χ0n) is 15.0. The van der Waals surface area contributed by atoms with Crippen molar-refractivity contribution in [2.45, 2.75) is 32.7 Å². The standard InChI is InChI=1S/C21H24N2O3/c1-2-26-19-8-4-3-7-17(19)15-22-21(25)16-10-12-18(13-11-16)23-14-6-5-9-20(23)24/h3-4,7-8,10-13H,2,5-6,9,14-15H2,1H3,(H,22,25). The summed E-state index contributed by atoms with van der Waals surface area (Å²) >= 11 is 0. The molecule has 5 heteroatoms. The minimum absolute atomic E-state index is 0.146. The number of hydrogen-bond acceptors (Lipinski definition) is 3. The fourth-order valence-electron chi connectivity index (χ4n) is 3.10. The van der Waals surface area contributed by atoms with Crippen LogP contribution < -0.4 is 15.0 Å². The number of carbonyl (C=O) groups excluding carboxylic acids is 2. The van der Waals surface area contributed by atoms with E-state index in [0.717, 1.165) is 36.4 Å². The van der Waals surface area contributed by atoms with Crippen LogP contribution >= 0.6 is 0 Å². The van der Waals surface area contributed by atoms with Crippen molar-refractivity contribution in [1.82, 2.24) is 5.32 Å². The van der Waals surface area contributed by atoms with E-state index in [9.17, 15) is 9.59 Å². The van der Waals surface area contributed by atoms with E-state index in [2.05, 4.69) is 5.32 Å². The number of ether oxygens (including phenoxy) is 1. The molecule has 1 fully saturated rings. The molecular weight excluding hydrogens is 328 g/mol. The lowest BCUT2D eigenvalue weighted by Crippen LogP contribution is -2.35. The molecule has 1 N–H and O–H groups in total. The highest BCUT2D eigenvalue weighted by Crippen LogP contribution is 2.21. The summed E-state index contributed by atoms with van der Waals surface area (Å²) in [4.78, 5) is 26.2. The van der Waals surface area contributed by atoms with Gasteiger partial charge in [-0.3, -0.25) is 9.59 Å². The zero-order valence-corrected chi connectivity index (χ0v) is 15.0. The molecular formula is C21H24N2O3. The van der Waals surface area contributed by atoms with Gasteiger partial charge in [0, 0.05) is 36.3 Å². The molecule has 0 unspecified atom stereocenters. The Morgan fingerprint density at radius 2 is 1.88 bits per heavy atom. The summed E-state index contributed by atoms with van der Waals surface area (Å²) in [5, 5.41) is 2.92. The quantitative estimate of drug-likeness (QED) is 0.865. The monoisotopic (exact) mass is 352 g/mol. The largest absolute Gasteiger partial charge is 0.494 e. The second kappa shape index (κ2) is 8.52. The Morgan fingerprint density at radius 1 is 1.12 bits per heavy atom. The van der Waals surface area contributed by atoms with Gasteiger partial charge >= 0.3 is 0 Å². The Balaban J connectivity index is 1.62. The third-order valence-corrected chi connectivity index (χ3v) is 4.48. The minimum atomic E-state index is -0.146. The van der Waals surface area contributed by atoms with Crippen LogP contribution in [0.1, 0.15) is 42.1 Å². The molecule has 0 aromatic heterocycles. The first-order valence-corrected chi connectivity index (χ1v) is 9.08. The van der Waals surface area contributed by atoms with Gasteiger partial charge in [0.15, 0.2) is 0 Å². The zero-order chi connectivity index (χ0) is 18.4. The van der Waals surface area contributed by atoms with Crippen molar-refractivity contribution >= 4 is 17.5 Å². The van der Waals surface area contributed by atoms with Crippen LogP contribution in [0.5, 0.6) is 5.75 Å². The highest BCUT2D eigenvalue weighted by Gasteiger charge is 2.19. The van der Waals surface area contributed by atoms with Gasteiger partial charge in [-0.15, -0.1) is 0 Å². The minimum Gasteiger partial charge on any atom is -0.494 e. The molecule has 2 aromatic rings. The molecule has 0 spiro atoms. The Kier molecular flexibility index (Phi) is 5.89. The van der Waals surface area contributed by atoms with Crippen LogP contribution in [0, 0.1) is 0 Å². The lowest BCUT2D eigenvalue weighted by Gasteiger charge is -2.26. The van der Waals surface area contributed by atoms with Gasteiger partial charge in [0.05, 0.1) is 6.61 Å². The normalized spacial score (nSPS) is 14.2. The molecule has 1 heterocycles. The van der Waals surface area contributed by atoms with Crippen LogP contribution in [0.15, 0.2) is 48.5 Å². The van der Waals surface area contributed by atoms with Crippen LogP contribution in [-0.4, -0.2) is 25.0 Å². The van der Waals surface area contributed by atoms with Crippen LogP contribution in [0.3, 0.4) is 0 Å². The van der Waals surface area contributed by atoms with E-state index in [4.69, 9.17) is 4.74 Å². The first-order chi connectivity index (χ1) is 12.7. The molecule has 0 bridgehead atoms. The number of anilines is 1. The van der Waals surface area contributed by atoms with E-state index in [1.165, 1.54) is 0 Å². The molecule has 2 amide bonds. The molecule has 3 rings (SSSR count). The molecule has 1 saturated heterocycles. The smallest absolute Gasteiger partial charge is 0.251 e. The highest BCUT2D eigenvalue weighted by molar-refractivity contribution is 5.96. The Bertz CT molecular complexity index is 771. The number of nitrogens with one attached hydrogen (secondary N) is 1. The van der Waals surface area contributed by atoms with E-state index in [1.54, 1.807) is 17.0 Å². The molecule has 5 nitrogen and oxygen atoms in total. The summed E-state index contributed by atoms with van der Waals surface area (Å²) in [7, 11) is 0. The first-order valence-electron chi connectivity index (χ1n) is 9.08. The second-order valence-electron chi connectivity index (χ2n) is 6.27. The summed E-state index contributed by atoms with van der Waals surface area (Å²) in [5.41, 5.74) is 2.37. The molecule has 1 aliphatic rings. The Hall–Kier alpha value is -2.82. The number of rotatable bonds is 6. The highest BCUT2D eigenvalue weighted by atomic mass is 16.5. The summed E-state index contributed by atoms with van der Waals surface area (Å²) in [6.07, 6.45) is 2.58. The van der Waals surface area contributed by atoms with Gasteiger partial charge < -0.3 is 15.0 Å². The predicted molar refractivity (Wildman–Crippen MR) is 101 cm³/mol. The first kappa shape index (κ1) is 18.0. The summed E-state index contributed by atoms with van der Waals surface area (Å²) in [6, 6.07) is 14.9. The molecule has 136 valence electrons. The van der Waals surface area contributed by atoms with Gasteiger partial charge in [-0.25, -0.2) is 0 Å². The van der Waals surface area contributed by atoms with Gasteiger partial charge in [-0.2, -0.15) is 0 Å². The summed E-state index contributed by atoms with van der Waals surface area (Å²) < 4.78 is 5.58. The van der Waals surface area contributed by atoms with E-state index in [-0.39, 0.29) is 11.8 Å². The van der Waals surface area contributed by atoms with E-state index in [1.807, 2.05) is 43.3 Å². The predicted octanol–water partition coefficient (Wildman–Crippen LogP) is 3.53. The molecule has 1 aliphatic heterocycles. The molecule has 0 radical (unpaired) electrons. The van der Waals surface area contributed by atoms with Crippen molar-refractivity contribution in [3.63, 3.8) is 0 Å². The van der Waals surface area contributed by atoms with Crippen LogP contribution in [0.4, 0.5) is 5.69 Å².